The highest BCUT2D eigenvalue weighted by Crippen LogP contribution is 2.20. The van der Waals surface area contributed by atoms with Gasteiger partial charge in [0, 0.05) is 26.1 Å². The monoisotopic (exact) mass is 333 g/mol. The Balaban J connectivity index is 1.45. The molecule has 1 aromatic carbocycles. The molecular formula is C18H24FN3O2. The fraction of sp³-hybridized carbons (Fsp3) is 0.556. The first-order valence-corrected chi connectivity index (χ1v) is 8.62. The summed E-state index contributed by atoms with van der Waals surface area (Å²) < 4.78 is 20.8. The zero-order valence-electron chi connectivity index (χ0n) is 14.1. The van der Waals surface area contributed by atoms with Crippen molar-refractivity contribution in [1.82, 2.24) is 14.9 Å². The van der Waals surface area contributed by atoms with Crippen molar-refractivity contribution in [2.75, 3.05) is 13.2 Å². The van der Waals surface area contributed by atoms with Crippen LogP contribution in [0, 0.1) is 5.82 Å². The molecular weight excluding hydrogens is 309 g/mol. The number of hydrogen-bond acceptors (Lipinski definition) is 3. The summed E-state index contributed by atoms with van der Waals surface area (Å²) in [4.78, 5) is 16.3. The average Bonchev–Trinajstić information content (AvgIpc) is 2.89. The highest BCUT2D eigenvalue weighted by atomic mass is 19.1. The maximum absolute atomic E-state index is 13.3. The Kier molecular flexibility index (Phi) is 5.45. The summed E-state index contributed by atoms with van der Waals surface area (Å²) in [7, 11) is 1.90. The van der Waals surface area contributed by atoms with Gasteiger partial charge in [0.2, 0.25) is 5.91 Å². The first-order valence-electron chi connectivity index (χ1n) is 8.62. The smallest absolute Gasteiger partial charge is 0.246 e. The summed E-state index contributed by atoms with van der Waals surface area (Å²) in [5.74, 6) is 0.440. The Morgan fingerprint density at radius 2 is 2.17 bits per heavy atom. The molecule has 0 unspecified atom stereocenters. The van der Waals surface area contributed by atoms with E-state index in [1.165, 1.54) is 31.4 Å². The van der Waals surface area contributed by atoms with Crippen LogP contribution in [0.2, 0.25) is 0 Å². The highest BCUT2D eigenvalue weighted by Gasteiger charge is 2.15. The molecule has 6 heteroatoms. The Labute approximate surface area is 141 Å². The van der Waals surface area contributed by atoms with Crippen molar-refractivity contribution in [3.63, 3.8) is 0 Å². The van der Waals surface area contributed by atoms with Crippen molar-refractivity contribution in [2.24, 2.45) is 7.05 Å². The maximum Gasteiger partial charge on any atom is 0.246 e. The van der Waals surface area contributed by atoms with Crippen molar-refractivity contribution >= 4 is 16.9 Å². The van der Waals surface area contributed by atoms with E-state index in [0.29, 0.717) is 18.5 Å². The van der Waals surface area contributed by atoms with E-state index in [-0.39, 0.29) is 24.4 Å². The van der Waals surface area contributed by atoms with Crippen LogP contribution in [-0.4, -0.2) is 34.7 Å². The van der Waals surface area contributed by atoms with Gasteiger partial charge in [0.05, 0.1) is 17.1 Å². The third kappa shape index (κ3) is 4.12. The second-order valence-corrected chi connectivity index (χ2v) is 6.39. The molecule has 1 N–H and O–H groups in total. The number of rotatable bonds is 6. The van der Waals surface area contributed by atoms with Gasteiger partial charge in [-0.05, 0) is 25.0 Å². The SMILES string of the molecule is Cn1c(CCNC(=O)COC2CCCCC2)nc2cc(F)ccc21. The van der Waals surface area contributed by atoms with Gasteiger partial charge in [-0.2, -0.15) is 0 Å². The third-order valence-corrected chi connectivity index (χ3v) is 4.61. The van der Waals surface area contributed by atoms with Gasteiger partial charge >= 0.3 is 0 Å². The minimum atomic E-state index is -0.291. The largest absolute Gasteiger partial charge is 0.368 e. The van der Waals surface area contributed by atoms with Crippen LogP contribution in [0.15, 0.2) is 18.2 Å². The summed E-state index contributed by atoms with van der Waals surface area (Å²) in [6.07, 6.45) is 6.61. The molecule has 24 heavy (non-hydrogen) atoms. The van der Waals surface area contributed by atoms with Crippen molar-refractivity contribution in [3.05, 3.63) is 29.8 Å². The number of benzene rings is 1. The molecule has 1 aliphatic rings. The number of amides is 1. The predicted octanol–water partition coefficient (Wildman–Crippen LogP) is 2.72. The van der Waals surface area contributed by atoms with Crippen molar-refractivity contribution in [1.29, 1.82) is 0 Å². The molecule has 0 spiro atoms. The van der Waals surface area contributed by atoms with E-state index in [4.69, 9.17) is 4.74 Å². The van der Waals surface area contributed by atoms with Crippen LogP contribution in [0.1, 0.15) is 37.9 Å². The Bertz CT molecular complexity index is 708. The molecule has 1 aromatic heterocycles. The van der Waals surface area contributed by atoms with E-state index in [1.54, 1.807) is 6.07 Å². The minimum absolute atomic E-state index is 0.0922. The molecule has 0 bridgehead atoms. The topological polar surface area (TPSA) is 56.2 Å². The molecule has 0 radical (unpaired) electrons. The number of nitrogens with zero attached hydrogens (tertiary/aromatic N) is 2. The molecule has 2 aromatic rings. The second-order valence-electron chi connectivity index (χ2n) is 6.39. The summed E-state index contributed by atoms with van der Waals surface area (Å²) in [6.45, 7) is 0.616. The second kappa shape index (κ2) is 7.75. The number of imidazole rings is 1. The maximum atomic E-state index is 13.3. The molecule has 130 valence electrons. The number of carbonyl (C=O) groups is 1. The lowest BCUT2D eigenvalue weighted by molar-refractivity contribution is -0.128. The van der Waals surface area contributed by atoms with Crippen LogP contribution >= 0.6 is 0 Å². The van der Waals surface area contributed by atoms with Crippen LogP contribution in [0.5, 0.6) is 0 Å². The lowest BCUT2D eigenvalue weighted by atomic mass is 9.98. The van der Waals surface area contributed by atoms with Gasteiger partial charge in [-0.25, -0.2) is 9.37 Å². The van der Waals surface area contributed by atoms with Gasteiger partial charge < -0.3 is 14.6 Å². The van der Waals surface area contributed by atoms with E-state index in [1.807, 2.05) is 11.6 Å². The fourth-order valence-electron chi connectivity index (χ4n) is 3.24. The van der Waals surface area contributed by atoms with Crippen molar-refractivity contribution in [2.45, 2.75) is 44.6 Å². The lowest BCUT2D eigenvalue weighted by Gasteiger charge is -2.21. The van der Waals surface area contributed by atoms with Gasteiger partial charge in [0.1, 0.15) is 18.2 Å². The van der Waals surface area contributed by atoms with Crippen LogP contribution in [0.3, 0.4) is 0 Å². The summed E-state index contributed by atoms with van der Waals surface area (Å²) in [5.41, 5.74) is 1.53. The number of halogens is 1. The van der Waals surface area contributed by atoms with E-state index in [9.17, 15) is 9.18 Å². The molecule has 0 saturated heterocycles. The molecule has 0 atom stereocenters. The van der Waals surface area contributed by atoms with Crippen molar-refractivity contribution < 1.29 is 13.9 Å². The van der Waals surface area contributed by atoms with Crippen LogP contribution in [0.4, 0.5) is 4.39 Å². The Morgan fingerprint density at radius 1 is 1.38 bits per heavy atom. The average molecular weight is 333 g/mol. The van der Waals surface area contributed by atoms with Gasteiger partial charge in [0.15, 0.2) is 0 Å². The van der Waals surface area contributed by atoms with Crippen LogP contribution < -0.4 is 5.32 Å². The minimum Gasteiger partial charge on any atom is -0.368 e. The predicted molar refractivity (Wildman–Crippen MR) is 90.2 cm³/mol. The number of fused-ring (bicyclic) bond motifs is 1. The molecule has 1 aliphatic carbocycles. The van der Waals surface area contributed by atoms with E-state index in [2.05, 4.69) is 10.3 Å². The van der Waals surface area contributed by atoms with Gasteiger partial charge in [-0.1, -0.05) is 19.3 Å². The Hall–Kier alpha value is -1.95. The number of aryl methyl sites for hydroxylation is 1. The molecule has 0 aliphatic heterocycles. The van der Waals surface area contributed by atoms with Crippen molar-refractivity contribution in [3.8, 4) is 0 Å². The number of aromatic nitrogens is 2. The van der Waals surface area contributed by atoms with Gasteiger partial charge in [-0.15, -0.1) is 0 Å². The molecule has 1 fully saturated rings. The standard InChI is InChI=1S/C18H24FN3O2/c1-22-16-8-7-13(19)11-15(16)21-17(22)9-10-20-18(23)12-24-14-5-3-2-4-6-14/h7-8,11,14H,2-6,9-10,12H2,1H3,(H,20,23). The number of carbonyl (C=O) groups excluding carboxylic acids is 1. The zero-order valence-corrected chi connectivity index (χ0v) is 14.1. The fourth-order valence-corrected chi connectivity index (χ4v) is 3.24. The zero-order chi connectivity index (χ0) is 16.9. The molecule has 1 heterocycles. The number of hydrogen-bond donors (Lipinski definition) is 1. The third-order valence-electron chi connectivity index (χ3n) is 4.61. The molecule has 5 nitrogen and oxygen atoms in total. The summed E-state index contributed by atoms with van der Waals surface area (Å²) in [6, 6.07) is 4.57. The lowest BCUT2D eigenvalue weighted by Crippen LogP contribution is -2.32. The van der Waals surface area contributed by atoms with Crippen LogP contribution in [-0.2, 0) is 23.0 Å². The van der Waals surface area contributed by atoms with E-state index < -0.39 is 0 Å². The number of ether oxygens (including phenoxy) is 1. The molecule has 3 rings (SSSR count). The normalized spacial score (nSPS) is 15.8. The Morgan fingerprint density at radius 3 is 2.96 bits per heavy atom. The van der Waals surface area contributed by atoms with E-state index in [0.717, 1.165) is 24.2 Å². The summed E-state index contributed by atoms with van der Waals surface area (Å²) >= 11 is 0. The van der Waals surface area contributed by atoms with E-state index >= 15 is 0 Å². The molecule has 1 amide bonds. The molecule has 1 saturated carbocycles. The first kappa shape index (κ1) is 16.9. The highest BCUT2D eigenvalue weighted by molar-refractivity contribution is 5.77. The van der Waals surface area contributed by atoms with Gasteiger partial charge in [-0.3, -0.25) is 4.79 Å². The number of nitrogens with one attached hydrogen (secondary N) is 1. The van der Waals surface area contributed by atoms with Gasteiger partial charge in [0.25, 0.3) is 0 Å². The first-order chi connectivity index (χ1) is 11.6. The van der Waals surface area contributed by atoms with Crippen LogP contribution in [0.25, 0.3) is 11.0 Å². The quantitative estimate of drug-likeness (QED) is 0.884. The summed E-state index contributed by atoms with van der Waals surface area (Å²) in [5, 5.41) is 2.86.